The second kappa shape index (κ2) is 13.8. The van der Waals surface area contributed by atoms with Crippen LogP contribution < -0.4 is 0 Å². The minimum Gasteiger partial charge on any atom is -0.493 e. The van der Waals surface area contributed by atoms with Crippen LogP contribution in [-0.2, 0) is 45.4 Å². The molecule has 35 heavy (non-hydrogen) atoms. The molecule has 0 spiro atoms. The Morgan fingerprint density at radius 2 is 0.771 bits per heavy atom. The van der Waals surface area contributed by atoms with E-state index in [9.17, 15) is 0 Å². The van der Waals surface area contributed by atoms with Crippen LogP contribution in [0.25, 0.3) is 0 Å². The fourth-order valence-corrected chi connectivity index (χ4v) is 3.29. The minimum absolute atomic E-state index is 0.279. The number of benzene rings is 4. The fraction of sp³-hybridized carbons (Fsp3) is 0.129. The molecule has 0 amide bonds. The Morgan fingerprint density at radius 1 is 0.429 bits per heavy atom. The predicted octanol–water partition coefficient (Wildman–Crippen LogP) is 7.18. The molecule has 4 heteroatoms. The van der Waals surface area contributed by atoms with E-state index in [0.29, 0.717) is 32.2 Å². The van der Waals surface area contributed by atoms with Crippen molar-refractivity contribution in [3.63, 3.8) is 0 Å². The predicted molar refractivity (Wildman–Crippen MR) is 136 cm³/mol. The maximum absolute atomic E-state index is 6.15. The molecule has 4 rings (SSSR count). The molecular weight excluding hydrogens is 436 g/mol. The number of ether oxygens (including phenoxy) is 4. The molecule has 4 aromatic carbocycles. The Morgan fingerprint density at radius 3 is 1.17 bits per heavy atom. The van der Waals surface area contributed by atoms with Gasteiger partial charge in [-0.25, -0.2) is 0 Å². The van der Waals surface area contributed by atoms with Crippen LogP contribution in [0, 0.1) is 6.29 Å². The van der Waals surface area contributed by atoms with E-state index in [-0.39, 0.29) is 6.29 Å². The van der Waals surface area contributed by atoms with E-state index in [0.717, 1.165) is 22.3 Å². The van der Waals surface area contributed by atoms with Gasteiger partial charge in [-0.2, -0.15) is 0 Å². The Balaban J connectivity index is 1.50. The molecule has 177 valence electrons. The van der Waals surface area contributed by atoms with Gasteiger partial charge in [0.05, 0.1) is 13.2 Å². The standard InChI is InChI=1S/C31H29O4/c1-5-13-26(14-6-1)21-32-25-30(33-22-27-15-7-2-8-16-27)31(34-23-28-17-9-3-10-18-28)35-24-29-19-11-4-12-20-29/h1-20,25H,21-24H2/b30-25+. The fourth-order valence-electron chi connectivity index (χ4n) is 3.29. The Labute approximate surface area is 207 Å². The van der Waals surface area contributed by atoms with Gasteiger partial charge in [-0.3, -0.25) is 0 Å². The van der Waals surface area contributed by atoms with Crippen LogP contribution in [0.2, 0.25) is 0 Å². The summed E-state index contributed by atoms with van der Waals surface area (Å²) in [6.07, 6.45) is 1.85. The van der Waals surface area contributed by atoms with Crippen LogP contribution in [-0.4, -0.2) is 0 Å². The van der Waals surface area contributed by atoms with Crippen LogP contribution >= 0.6 is 0 Å². The molecule has 0 unspecified atom stereocenters. The summed E-state index contributed by atoms with van der Waals surface area (Å²) in [7, 11) is 0. The summed E-state index contributed by atoms with van der Waals surface area (Å²) in [5.41, 5.74) is 4.15. The Hall–Kier alpha value is -3.86. The average Bonchev–Trinajstić information content (AvgIpc) is 2.93. The van der Waals surface area contributed by atoms with E-state index in [1.54, 1.807) is 6.26 Å². The molecule has 1 radical (unpaired) electrons. The van der Waals surface area contributed by atoms with Gasteiger partial charge in [-0.15, -0.1) is 0 Å². The van der Waals surface area contributed by atoms with Crippen molar-refractivity contribution in [1.82, 2.24) is 0 Å². The minimum atomic E-state index is 0.279. The molecule has 0 bridgehead atoms. The van der Waals surface area contributed by atoms with E-state index in [1.807, 2.05) is 121 Å². The zero-order chi connectivity index (χ0) is 24.0. The smallest absolute Gasteiger partial charge is 0.296 e. The van der Waals surface area contributed by atoms with Crippen LogP contribution in [0.1, 0.15) is 22.3 Å². The summed E-state index contributed by atoms with van der Waals surface area (Å²) >= 11 is 0. The summed E-state index contributed by atoms with van der Waals surface area (Å²) in [6, 6.07) is 39.9. The second-order valence-electron chi connectivity index (χ2n) is 7.89. The van der Waals surface area contributed by atoms with Crippen LogP contribution in [0.3, 0.4) is 0 Å². The normalized spacial score (nSPS) is 11.4. The van der Waals surface area contributed by atoms with Gasteiger partial charge in [0.1, 0.15) is 19.5 Å². The highest BCUT2D eigenvalue weighted by atomic mass is 16.7. The highest BCUT2D eigenvalue weighted by Gasteiger charge is 2.22. The maximum Gasteiger partial charge on any atom is 0.296 e. The first-order valence-electron chi connectivity index (χ1n) is 11.6. The quantitative estimate of drug-likeness (QED) is 0.196. The monoisotopic (exact) mass is 465 g/mol. The lowest BCUT2D eigenvalue weighted by atomic mass is 10.2. The third-order valence-corrected chi connectivity index (χ3v) is 5.15. The summed E-state index contributed by atoms with van der Waals surface area (Å²) in [6.45, 7) is 1.45. The molecule has 0 saturated carbocycles. The third-order valence-electron chi connectivity index (χ3n) is 5.15. The molecule has 4 nitrogen and oxygen atoms in total. The molecule has 4 aromatic rings. The lowest BCUT2D eigenvalue weighted by Crippen LogP contribution is -2.14. The van der Waals surface area contributed by atoms with Gasteiger partial charge < -0.3 is 18.9 Å². The van der Waals surface area contributed by atoms with Gasteiger partial charge in [-0.1, -0.05) is 121 Å². The molecule has 0 aliphatic rings. The van der Waals surface area contributed by atoms with Crippen molar-refractivity contribution in [3.8, 4) is 0 Å². The lowest BCUT2D eigenvalue weighted by Gasteiger charge is -2.20. The first kappa shape index (κ1) is 24.3. The van der Waals surface area contributed by atoms with Crippen molar-refractivity contribution in [1.29, 1.82) is 0 Å². The first-order chi connectivity index (χ1) is 17.4. The number of hydrogen-bond acceptors (Lipinski definition) is 4. The zero-order valence-corrected chi connectivity index (χ0v) is 19.6. The highest BCUT2D eigenvalue weighted by molar-refractivity contribution is 5.18. The molecule has 0 aliphatic carbocycles. The average molecular weight is 466 g/mol. The first-order valence-corrected chi connectivity index (χ1v) is 11.6. The second-order valence-corrected chi connectivity index (χ2v) is 7.89. The van der Waals surface area contributed by atoms with Gasteiger partial charge >= 0.3 is 0 Å². The highest BCUT2D eigenvalue weighted by Crippen LogP contribution is 2.24. The van der Waals surface area contributed by atoms with Gasteiger partial charge in [-0.05, 0) is 22.3 Å². The van der Waals surface area contributed by atoms with E-state index in [4.69, 9.17) is 18.9 Å². The van der Waals surface area contributed by atoms with Crippen molar-refractivity contribution in [3.05, 3.63) is 162 Å². The Kier molecular flexibility index (Phi) is 9.54. The largest absolute Gasteiger partial charge is 0.493 e. The van der Waals surface area contributed by atoms with E-state index < -0.39 is 0 Å². The topological polar surface area (TPSA) is 36.9 Å². The van der Waals surface area contributed by atoms with Crippen molar-refractivity contribution in [2.24, 2.45) is 0 Å². The number of rotatable bonds is 13. The molecular formula is C31H29O4. The molecule has 0 heterocycles. The molecule has 0 atom stereocenters. The van der Waals surface area contributed by atoms with Gasteiger partial charge in [0.25, 0.3) is 6.29 Å². The lowest BCUT2D eigenvalue weighted by molar-refractivity contribution is -0.0725. The van der Waals surface area contributed by atoms with Crippen LogP contribution in [0.15, 0.2) is 133 Å². The van der Waals surface area contributed by atoms with Crippen LogP contribution in [0.4, 0.5) is 0 Å². The zero-order valence-electron chi connectivity index (χ0n) is 19.6. The van der Waals surface area contributed by atoms with Crippen LogP contribution in [0.5, 0.6) is 0 Å². The van der Waals surface area contributed by atoms with Gasteiger partial charge in [0.15, 0.2) is 5.76 Å². The van der Waals surface area contributed by atoms with E-state index in [2.05, 4.69) is 0 Å². The molecule has 0 fully saturated rings. The maximum atomic E-state index is 6.15. The summed E-state index contributed by atoms with van der Waals surface area (Å²) in [5.74, 6) is 0.400. The van der Waals surface area contributed by atoms with E-state index in [1.165, 1.54) is 0 Å². The molecule has 0 aromatic heterocycles. The Bertz CT molecular complexity index is 1090. The third kappa shape index (κ3) is 8.45. The van der Waals surface area contributed by atoms with Gasteiger partial charge in [0.2, 0.25) is 0 Å². The molecule has 0 aliphatic heterocycles. The summed E-state index contributed by atoms with van der Waals surface area (Å²) in [4.78, 5) is 0. The van der Waals surface area contributed by atoms with Crippen molar-refractivity contribution in [2.45, 2.75) is 26.4 Å². The van der Waals surface area contributed by atoms with Crippen molar-refractivity contribution in [2.75, 3.05) is 0 Å². The summed E-state index contributed by atoms with van der Waals surface area (Å²) < 4.78 is 24.3. The van der Waals surface area contributed by atoms with Crippen molar-refractivity contribution >= 4 is 0 Å². The molecule has 0 N–H and O–H groups in total. The SMILES string of the molecule is C(/OCc1ccccc1)=C(\OCc1ccccc1)[C](OCc1ccccc1)OCc1ccccc1. The van der Waals surface area contributed by atoms with Gasteiger partial charge in [0, 0.05) is 0 Å². The van der Waals surface area contributed by atoms with E-state index >= 15 is 0 Å². The molecule has 0 saturated heterocycles. The number of hydrogen-bond donors (Lipinski definition) is 0. The van der Waals surface area contributed by atoms with Crippen molar-refractivity contribution < 1.29 is 18.9 Å². The summed E-state index contributed by atoms with van der Waals surface area (Å²) in [5, 5.41) is 0.